The summed E-state index contributed by atoms with van der Waals surface area (Å²) in [5.74, 6) is -0.348. The lowest BCUT2D eigenvalue weighted by Crippen LogP contribution is -2.45. The molecule has 6 heteroatoms. The minimum absolute atomic E-state index is 0.0183. The van der Waals surface area contributed by atoms with Crippen molar-refractivity contribution in [1.29, 1.82) is 0 Å². The predicted octanol–water partition coefficient (Wildman–Crippen LogP) is 2.52. The number of nitrogens with one attached hydrogen (secondary N) is 1. The van der Waals surface area contributed by atoms with Crippen LogP contribution in [0.5, 0.6) is 0 Å². The van der Waals surface area contributed by atoms with Gasteiger partial charge in [-0.2, -0.15) is 0 Å². The molecule has 3 N–H and O–H groups in total. The van der Waals surface area contributed by atoms with Gasteiger partial charge in [-0.1, -0.05) is 20.8 Å². The molecule has 6 nitrogen and oxygen atoms in total. The number of hydrogen-bond acceptors (Lipinski definition) is 4. The summed E-state index contributed by atoms with van der Waals surface area (Å²) in [6.07, 6.45) is 0. The number of nitrogens with zero attached hydrogens (tertiary/aromatic N) is 1. The monoisotopic (exact) mass is 279 g/mol. The number of benzene rings is 1. The van der Waals surface area contributed by atoms with Crippen molar-refractivity contribution in [1.82, 2.24) is 0 Å². The molecule has 1 aromatic rings. The summed E-state index contributed by atoms with van der Waals surface area (Å²) in [6, 6.07) is 2.36. The molecule has 110 valence electrons. The molecule has 0 saturated heterocycles. The number of carbonyl (C=O) groups is 1. The first-order valence-corrected chi connectivity index (χ1v) is 6.36. The maximum Gasteiger partial charge on any atom is 0.274 e. The van der Waals surface area contributed by atoms with Gasteiger partial charge in [-0.05, 0) is 30.9 Å². The van der Waals surface area contributed by atoms with Crippen molar-refractivity contribution in [3.63, 3.8) is 0 Å². The molecule has 0 radical (unpaired) electrons. The molecule has 0 aromatic heterocycles. The van der Waals surface area contributed by atoms with E-state index in [-0.39, 0.29) is 17.0 Å². The van der Waals surface area contributed by atoms with Crippen LogP contribution in [-0.2, 0) is 4.79 Å². The molecule has 0 fully saturated rings. The Balaban J connectivity index is 3.07. The van der Waals surface area contributed by atoms with Gasteiger partial charge >= 0.3 is 0 Å². The molecular formula is C14H21N3O3. The van der Waals surface area contributed by atoms with Crippen molar-refractivity contribution in [2.45, 2.75) is 40.7 Å². The predicted molar refractivity (Wildman–Crippen MR) is 78.6 cm³/mol. The van der Waals surface area contributed by atoms with E-state index in [2.05, 4.69) is 5.32 Å². The normalized spacial score (nSPS) is 12.9. The number of anilines is 1. The van der Waals surface area contributed by atoms with E-state index < -0.39 is 11.0 Å². The van der Waals surface area contributed by atoms with Gasteiger partial charge in [0.2, 0.25) is 5.91 Å². The minimum Gasteiger partial charge on any atom is -0.324 e. The second-order valence-corrected chi connectivity index (χ2v) is 6.04. The highest BCUT2D eigenvalue weighted by molar-refractivity contribution is 5.96. The Labute approximate surface area is 118 Å². The third-order valence-electron chi connectivity index (χ3n) is 3.21. The third-order valence-corrected chi connectivity index (χ3v) is 3.21. The Hall–Kier alpha value is -1.95. The zero-order valence-corrected chi connectivity index (χ0v) is 12.5. The van der Waals surface area contributed by atoms with Crippen LogP contribution < -0.4 is 11.1 Å². The lowest BCUT2D eigenvalue weighted by atomic mass is 9.87. The van der Waals surface area contributed by atoms with E-state index in [4.69, 9.17) is 5.73 Å². The Morgan fingerprint density at radius 1 is 1.30 bits per heavy atom. The average Bonchev–Trinajstić information content (AvgIpc) is 2.29. The molecule has 1 amide bonds. The topological polar surface area (TPSA) is 98.3 Å². The lowest BCUT2D eigenvalue weighted by Gasteiger charge is -2.26. The largest absolute Gasteiger partial charge is 0.324 e. The van der Waals surface area contributed by atoms with E-state index in [1.54, 1.807) is 19.9 Å². The summed E-state index contributed by atoms with van der Waals surface area (Å²) in [5, 5.41) is 13.6. The van der Waals surface area contributed by atoms with E-state index in [1.807, 2.05) is 20.8 Å². The van der Waals surface area contributed by atoms with E-state index in [9.17, 15) is 14.9 Å². The Kier molecular flexibility index (Phi) is 4.50. The molecule has 0 aliphatic carbocycles. The van der Waals surface area contributed by atoms with Gasteiger partial charge in [-0.15, -0.1) is 0 Å². The molecule has 1 rings (SSSR count). The molecule has 0 unspecified atom stereocenters. The maximum absolute atomic E-state index is 12.1. The SMILES string of the molecule is Cc1cc(C)c([N+](=O)[O-])cc1NC(=O)[C@H](N)C(C)(C)C. The fourth-order valence-electron chi connectivity index (χ4n) is 1.78. The van der Waals surface area contributed by atoms with E-state index in [0.29, 0.717) is 11.3 Å². The number of amides is 1. The van der Waals surface area contributed by atoms with Crippen LogP contribution >= 0.6 is 0 Å². The number of hydrogen-bond donors (Lipinski definition) is 2. The first-order valence-electron chi connectivity index (χ1n) is 6.36. The number of nitrogens with two attached hydrogens (primary N) is 1. The third kappa shape index (κ3) is 3.54. The average molecular weight is 279 g/mol. The fourth-order valence-corrected chi connectivity index (χ4v) is 1.78. The number of carbonyl (C=O) groups excluding carboxylic acids is 1. The molecule has 1 aromatic carbocycles. The van der Waals surface area contributed by atoms with Crippen LogP contribution in [0.1, 0.15) is 31.9 Å². The van der Waals surface area contributed by atoms with Crippen LogP contribution in [0.2, 0.25) is 0 Å². The second-order valence-electron chi connectivity index (χ2n) is 6.04. The van der Waals surface area contributed by atoms with Gasteiger partial charge in [-0.25, -0.2) is 0 Å². The lowest BCUT2D eigenvalue weighted by molar-refractivity contribution is -0.385. The minimum atomic E-state index is -0.692. The van der Waals surface area contributed by atoms with Crippen molar-refractivity contribution in [3.8, 4) is 0 Å². The maximum atomic E-state index is 12.1. The van der Waals surface area contributed by atoms with Crippen LogP contribution in [0, 0.1) is 29.4 Å². The van der Waals surface area contributed by atoms with Gasteiger partial charge in [0.15, 0.2) is 0 Å². The van der Waals surface area contributed by atoms with Crippen LogP contribution in [0.3, 0.4) is 0 Å². The summed E-state index contributed by atoms with van der Waals surface area (Å²) in [7, 11) is 0. The van der Waals surface area contributed by atoms with Crippen molar-refractivity contribution < 1.29 is 9.72 Å². The van der Waals surface area contributed by atoms with Crippen LogP contribution in [-0.4, -0.2) is 16.9 Å². The summed E-state index contributed by atoms with van der Waals surface area (Å²) in [5.41, 5.74) is 7.23. The molecule has 0 heterocycles. The zero-order valence-electron chi connectivity index (χ0n) is 12.5. The molecule has 0 saturated carbocycles. The molecule has 20 heavy (non-hydrogen) atoms. The summed E-state index contributed by atoms with van der Waals surface area (Å²) in [4.78, 5) is 22.5. The summed E-state index contributed by atoms with van der Waals surface area (Å²) < 4.78 is 0. The van der Waals surface area contributed by atoms with E-state index in [1.165, 1.54) is 6.07 Å². The molecule has 0 spiro atoms. The summed E-state index contributed by atoms with van der Waals surface area (Å²) >= 11 is 0. The van der Waals surface area contributed by atoms with E-state index in [0.717, 1.165) is 5.56 Å². The van der Waals surface area contributed by atoms with Gasteiger partial charge in [0.25, 0.3) is 5.69 Å². The number of nitro benzene ring substituents is 1. The number of aryl methyl sites for hydroxylation is 2. The quantitative estimate of drug-likeness (QED) is 0.656. The van der Waals surface area contributed by atoms with Crippen LogP contribution in [0.25, 0.3) is 0 Å². The van der Waals surface area contributed by atoms with Gasteiger partial charge in [0.05, 0.1) is 16.7 Å². The fraction of sp³-hybridized carbons (Fsp3) is 0.500. The molecule has 1 atom stereocenters. The summed E-state index contributed by atoms with van der Waals surface area (Å²) in [6.45, 7) is 9.04. The highest BCUT2D eigenvalue weighted by atomic mass is 16.6. The van der Waals surface area contributed by atoms with Gasteiger partial charge in [0, 0.05) is 11.6 Å². The van der Waals surface area contributed by atoms with Crippen molar-refractivity contribution >= 4 is 17.3 Å². The standard InChI is InChI=1S/C14H21N3O3/c1-8-6-9(2)11(17(19)20)7-10(8)16-13(18)12(15)14(3,4)5/h6-7,12H,15H2,1-5H3,(H,16,18)/t12-/m0/s1. The Morgan fingerprint density at radius 2 is 1.85 bits per heavy atom. The van der Waals surface area contributed by atoms with Crippen LogP contribution in [0.15, 0.2) is 12.1 Å². The Bertz CT molecular complexity index is 547. The van der Waals surface area contributed by atoms with Gasteiger partial charge in [0.1, 0.15) is 0 Å². The number of rotatable bonds is 3. The highest BCUT2D eigenvalue weighted by Gasteiger charge is 2.28. The second kappa shape index (κ2) is 5.58. The van der Waals surface area contributed by atoms with Crippen molar-refractivity contribution in [2.24, 2.45) is 11.1 Å². The molecule has 0 aliphatic rings. The zero-order chi connectivity index (χ0) is 15.7. The molecule has 0 aliphatic heterocycles. The van der Waals surface area contributed by atoms with Gasteiger partial charge < -0.3 is 11.1 Å². The number of nitro groups is 1. The molecule has 0 bridgehead atoms. The first kappa shape index (κ1) is 16.1. The van der Waals surface area contributed by atoms with E-state index >= 15 is 0 Å². The molecular weight excluding hydrogens is 258 g/mol. The van der Waals surface area contributed by atoms with Crippen LogP contribution in [0.4, 0.5) is 11.4 Å². The Morgan fingerprint density at radius 3 is 2.30 bits per heavy atom. The first-order chi connectivity index (χ1) is 9.04. The van der Waals surface area contributed by atoms with Crippen molar-refractivity contribution in [2.75, 3.05) is 5.32 Å². The van der Waals surface area contributed by atoms with Crippen molar-refractivity contribution in [3.05, 3.63) is 33.4 Å². The van der Waals surface area contributed by atoms with Gasteiger partial charge in [-0.3, -0.25) is 14.9 Å². The smallest absolute Gasteiger partial charge is 0.274 e. The highest BCUT2D eigenvalue weighted by Crippen LogP contribution is 2.27.